The summed E-state index contributed by atoms with van der Waals surface area (Å²) in [6.45, 7) is 3.18. The van der Waals surface area contributed by atoms with E-state index in [9.17, 15) is 14.4 Å². The van der Waals surface area contributed by atoms with Crippen LogP contribution in [-0.2, 0) is 19.1 Å². The number of Topliss-reactive ketones (excluding diaryl/α,β-unsaturated/α-hetero) is 1. The topological polar surface area (TPSA) is 98.5 Å². The zero-order valence-electron chi connectivity index (χ0n) is 9.93. The maximum atomic E-state index is 11.9. The predicted octanol–water partition coefficient (Wildman–Crippen LogP) is -0.752. The molecule has 1 rings (SSSR count). The minimum absolute atomic E-state index is 0. The molecule has 1 heterocycles. The number of ether oxygens (including phenoxy) is 1. The highest BCUT2D eigenvalue weighted by molar-refractivity contribution is 6.16. The first-order valence-corrected chi connectivity index (χ1v) is 5.07. The number of halogens is 1. The molecule has 0 aliphatic carbocycles. The van der Waals surface area contributed by atoms with E-state index in [2.05, 4.69) is 5.32 Å². The molecular weight excluding hydrogens is 248 g/mol. The largest absolute Gasteiger partial charge is 0.380 e. The molecule has 0 aromatic carbocycles. The summed E-state index contributed by atoms with van der Waals surface area (Å²) in [4.78, 5) is 34.5. The summed E-state index contributed by atoms with van der Waals surface area (Å²) in [5.74, 6) is -3.10. The number of hydrogen-bond acceptors (Lipinski definition) is 5. The minimum atomic E-state index is -0.986. The minimum Gasteiger partial charge on any atom is -0.380 e. The van der Waals surface area contributed by atoms with Gasteiger partial charge in [-0.3, -0.25) is 19.7 Å². The van der Waals surface area contributed by atoms with Crippen LogP contribution in [0.15, 0.2) is 0 Å². The smallest absolute Gasteiger partial charge is 0.238 e. The molecule has 0 saturated carbocycles. The maximum absolute atomic E-state index is 11.9. The zero-order valence-corrected chi connectivity index (χ0v) is 10.7. The highest BCUT2D eigenvalue weighted by Crippen LogP contribution is 2.21. The summed E-state index contributed by atoms with van der Waals surface area (Å²) in [6.07, 6.45) is -0.483. The molecule has 1 aliphatic rings. The van der Waals surface area contributed by atoms with Gasteiger partial charge in [-0.25, -0.2) is 0 Å². The first-order valence-electron chi connectivity index (χ1n) is 5.07. The lowest BCUT2D eigenvalue weighted by molar-refractivity contribution is -0.135. The number of methoxy groups -OCH3 is 1. The molecule has 0 radical (unpaired) electrons. The number of amides is 2. The Morgan fingerprint density at radius 3 is 2.29 bits per heavy atom. The van der Waals surface area contributed by atoms with Crippen molar-refractivity contribution >= 4 is 30.0 Å². The summed E-state index contributed by atoms with van der Waals surface area (Å²) in [7, 11) is 1.43. The highest BCUT2D eigenvalue weighted by atomic mass is 35.5. The first kappa shape index (κ1) is 16.0. The van der Waals surface area contributed by atoms with Gasteiger partial charge in [-0.1, -0.05) is 6.92 Å². The lowest BCUT2D eigenvalue weighted by Gasteiger charge is -2.20. The van der Waals surface area contributed by atoms with Crippen LogP contribution >= 0.6 is 12.4 Å². The molecule has 0 aromatic rings. The molecule has 6 nitrogen and oxygen atoms in total. The van der Waals surface area contributed by atoms with Gasteiger partial charge in [-0.15, -0.1) is 12.4 Å². The lowest BCUT2D eigenvalue weighted by atomic mass is 9.87. The van der Waals surface area contributed by atoms with Gasteiger partial charge in [-0.2, -0.15) is 0 Å². The molecule has 4 atom stereocenters. The fraction of sp³-hybridized carbons (Fsp3) is 0.700. The Morgan fingerprint density at radius 1 is 1.41 bits per heavy atom. The SMILES string of the molecule is COC(C)C(N)C(=O)[C@@H]1C(=O)NC(=O)[C@H]1C.Cl. The van der Waals surface area contributed by atoms with Gasteiger partial charge in [0.2, 0.25) is 11.8 Å². The molecule has 0 spiro atoms. The molecular formula is C10H17ClN2O4. The quantitative estimate of drug-likeness (QED) is 0.514. The summed E-state index contributed by atoms with van der Waals surface area (Å²) in [6, 6.07) is -0.894. The number of imide groups is 1. The van der Waals surface area contributed by atoms with E-state index < -0.39 is 41.6 Å². The molecule has 0 aromatic heterocycles. The third kappa shape index (κ3) is 3.02. The second kappa shape index (κ2) is 6.09. The monoisotopic (exact) mass is 264 g/mol. The Labute approximate surface area is 106 Å². The Kier molecular flexibility index (Phi) is 5.74. The van der Waals surface area contributed by atoms with E-state index in [0.717, 1.165) is 0 Å². The van der Waals surface area contributed by atoms with Gasteiger partial charge >= 0.3 is 0 Å². The van der Waals surface area contributed by atoms with Gasteiger partial charge < -0.3 is 10.5 Å². The van der Waals surface area contributed by atoms with Crippen molar-refractivity contribution in [1.29, 1.82) is 0 Å². The van der Waals surface area contributed by atoms with Crippen LogP contribution in [0.2, 0.25) is 0 Å². The molecule has 1 saturated heterocycles. The van der Waals surface area contributed by atoms with E-state index >= 15 is 0 Å². The van der Waals surface area contributed by atoms with Crippen molar-refractivity contribution in [3.8, 4) is 0 Å². The van der Waals surface area contributed by atoms with E-state index in [0.29, 0.717) is 0 Å². The molecule has 1 aliphatic heterocycles. The summed E-state index contributed by atoms with van der Waals surface area (Å²) in [5.41, 5.74) is 5.66. The van der Waals surface area contributed by atoms with Crippen LogP contribution in [-0.4, -0.2) is 36.9 Å². The van der Waals surface area contributed by atoms with Gasteiger partial charge in [0.15, 0.2) is 5.78 Å². The van der Waals surface area contributed by atoms with Gasteiger partial charge in [0.25, 0.3) is 0 Å². The summed E-state index contributed by atoms with van der Waals surface area (Å²) < 4.78 is 4.93. The van der Waals surface area contributed by atoms with Crippen molar-refractivity contribution in [2.45, 2.75) is 26.0 Å². The fourth-order valence-corrected chi connectivity index (χ4v) is 1.65. The average Bonchev–Trinajstić information content (AvgIpc) is 2.50. The Morgan fingerprint density at radius 2 is 1.94 bits per heavy atom. The Bertz CT molecular complexity index is 334. The fourth-order valence-electron chi connectivity index (χ4n) is 1.65. The van der Waals surface area contributed by atoms with E-state index in [1.165, 1.54) is 14.0 Å². The zero-order chi connectivity index (χ0) is 12.5. The third-order valence-electron chi connectivity index (χ3n) is 2.96. The van der Waals surface area contributed by atoms with Crippen molar-refractivity contribution in [2.75, 3.05) is 7.11 Å². The van der Waals surface area contributed by atoms with Crippen LogP contribution in [0.1, 0.15) is 13.8 Å². The van der Waals surface area contributed by atoms with Crippen LogP contribution in [0.5, 0.6) is 0 Å². The number of nitrogens with two attached hydrogens (primary N) is 1. The van der Waals surface area contributed by atoms with Crippen LogP contribution in [0.25, 0.3) is 0 Å². The third-order valence-corrected chi connectivity index (χ3v) is 2.96. The Balaban J connectivity index is 0.00000256. The number of carbonyl (C=O) groups excluding carboxylic acids is 3. The lowest BCUT2D eigenvalue weighted by Crippen LogP contribution is -2.47. The van der Waals surface area contributed by atoms with Crippen LogP contribution in [0, 0.1) is 11.8 Å². The van der Waals surface area contributed by atoms with Crippen molar-refractivity contribution in [3.05, 3.63) is 0 Å². The van der Waals surface area contributed by atoms with Crippen LogP contribution in [0.3, 0.4) is 0 Å². The number of rotatable bonds is 4. The molecule has 98 valence electrons. The van der Waals surface area contributed by atoms with Crippen LogP contribution < -0.4 is 11.1 Å². The Hall–Kier alpha value is -0.980. The van der Waals surface area contributed by atoms with E-state index in [1.54, 1.807) is 6.92 Å². The molecule has 1 fully saturated rings. The van der Waals surface area contributed by atoms with Crippen molar-refractivity contribution in [1.82, 2.24) is 5.32 Å². The normalized spacial score (nSPS) is 27.1. The van der Waals surface area contributed by atoms with E-state index in [-0.39, 0.29) is 12.4 Å². The van der Waals surface area contributed by atoms with Crippen molar-refractivity contribution in [3.63, 3.8) is 0 Å². The highest BCUT2D eigenvalue weighted by Gasteiger charge is 2.45. The molecule has 0 bridgehead atoms. The average molecular weight is 265 g/mol. The summed E-state index contributed by atoms with van der Waals surface area (Å²) >= 11 is 0. The van der Waals surface area contributed by atoms with Gasteiger partial charge in [0.05, 0.1) is 18.1 Å². The number of carbonyl (C=O) groups is 3. The van der Waals surface area contributed by atoms with Gasteiger partial charge in [-0.05, 0) is 6.92 Å². The molecule has 3 N–H and O–H groups in total. The van der Waals surface area contributed by atoms with Crippen molar-refractivity contribution < 1.29 is 19.1 Å². The van der Waals surface area contributed by atoms with E-state index in [4.69, 9.17) is 10.5 Å². The number of ketones is 1. The van der Waals surface area contributed by atoms with Gasteiger partial charge in [0, 0.05) is 7.11 Å². The number of hydrogen-bond donors (Lipinski definition) is 2. The van der Waals surface area contributed by atoms with Gasteiger partial charge in [0.1, 0.15) is 5.92 Å². The van der Waals surface area contributed by atoms with Crippen molar-refractivity contribution in [2.24, 2.45) is 17.6 Å². The molecule has 2 amide bonds. The summed E-state index contributed by atoms with van der Waals surface area (Å²) in [5, 5.41) is 2.11. The van der Waals surface area contributed by atoms with E-state index in [1.807, 2.05) is 0 Å². The second-order valence-electron chi connectivity index (χ2n) is 3.99. The van der Waals surface area contributed by atoms with Crippen LogP contribution in [0.4, 0.5) is 0 Å². The number of nitrogens with one attached hydrogen (secondary N) is 1. The molecule has 2 unspecified atom stereocenters. The predicted molar refractivity (Wildman–Crippen MR) is 62.5 cm³/mol. The standard InChI is InChI=1S/C10H16N2O4.ClH/c1-4-6(10(15)12-9(4)14)8(13)7(11)5(2)16-3;/h4-7H,11H2,1-3H3,(H,12,14,15);1H/t4-,5?,6+,7?;/m0./s1. The first-order chi connectivity index (χ1) is 7.40. The maximum Gasteiger partial charge on any atom is 0.238 e. The second-order valence-corrected chi connectivity index (χ2v) is 3.99. The molecule has 7 heteroatoms. The molecule has 17 heavy (non-hydrogen) atoms.